The Bertz CT molecular complexity index is 658. The number of hydrogen-bond acceptors (Lipinski definition) is 3. The van der Waals surface area contributed by atoms with Gasteiger partial charge < -0.3 is 15.7 Å². The zero-order chi connectivity index (χ0) is 15.4. The summed E-state index contributed by atoms with van der Waals surface area (Å²) in [4.78, 5) is 14.3. The number of phenols is 1. The largest absolute Gasteiger partial charge is 0.507 e. The lowest BCUT2D eigenvalue weighted by Gasteiger charge is -2.23. The van der Waals surface area contributed by atoms with Crippen LogP contribution in [0.3, 0.4) is 0 Å². The number of carbonyl (C=O) groups is 1. The molecule has 0 atom stereocenters. The molecule has 0 saturated heterocycles. The Balaban J connectivity index is 2.42. The number of halogens is 1. The molecule has 3 N–H and O–H groups in total. The van der Waals surface area contributed by atoms with Crippen LogP contribution in [-0.2, 0) is 0 Å². The lowest BCUT2D eigenvalue weighted by molar-refractivity contribution is 0.0984. The van der Waals surface area contributed by atoms with Crippen LogP contribution in [0.2, 0.25) is 0 Å². The van der Waals surface area contributed by atoms with Gasteiger partial charge in [-0.1, -0.05) is 28.9 Å². The Morgan fingerprint density at radius 2 is 2.05 bits per heavy atom. The maximum absolute atomic E-state index is 12.7. The number of anilines is 2. The molecule has 2 rings (SSSR count). The number of amides is 1. The van der Waals surface area contributed by atoms with Crippen LogP contribution < -0.4 is 10.6 Å². The van der Waals surface area contributed by atoms with Crippen LogP contribution in [0.1, 0.15) is 23.7 Å². The van der Waals surface area contributed by atoms with Gasteiger partial charge in [-0.15, -0.1) is 0 Å². The molecule has 0 spiro atoms. The van der Waals surface area contributed by atoms with Crippen molar-refractivity contribution in [2.75, 3.05) is 17.2 Å². The minimum Gasteiger partial charge on any atom is -0.507 e. The third-order valence-corrected chi connectivity index (χ3v) is 3.56. The second-order valence-corrected chi connectivity index (χ2v) is 5.63. The van der Waals surface area contributed by atoms with Gasteiger partial charge in [0.2, 0.25) is 0 Å². The van der Waals surface area contributed by atoms with Gasteiger partial charge in [-0.25, -0.2) is 0 Å². The van der Waals surface area contributed by atoms with Crippen LogP contribution in [-0.4, -0.2) is 17.6 Å². The van der Waals surface area contributed by atoms with Gasteiger partial charge in [0, 0.05) is 22.4 Å². The highest BCUT2D eigenvalue weighted by molar-refractivity contribution is 9.10. The molecule has 5 heteroatoms. The van der Waals surface area contributed by atoms with Crippen molar-refractivity contribution in [2.24, 2.45) is 0 Å². The summed E-state index contributed by atoms with van der Waals surface area (Å²) in [6, 6.07) is 12.0. The molecule has 2 aromatic rings. The van der Waals surface area contributed by atoms with Crippen molar-refractivity contribution >= 4 is 33.2 Å². The molecule has 4 nitrogen and oxygen atoms in total. The van der Waals surface area contributed by atoms with E-state index in [2.05, 4.69) is 15.9 Å². The number of hydrogen-bond donors (Lipinski definition) is 2. The van der Waals surface area contributed by atoms with Crippen LogP contribution in [0.5, 0.6) is 5.75 Å². The van der Waals surface area contributed by atoms with Crippen LogP contribution >= 0.6 is 15.9 Å². The molecule has 2 aromatic carbocycles. The van der Waals surface area contributed by atoms with Crippen molar-refractivity contribution in [3.8, 4) is 5.75 Å². The molecular weight excluding hydrogens is 332 g/mol. The van der Waals surface area contributed by atoms with E-state index < -0.39 is 0 Å². The summed E-state index contributed by atoms with van der Waals surface area (Å²) in [5.41, 5.74) is 7.38. The predicted octanol–water partition coefficient (Wildman–Crippen LogP) is 3.79. The molecule has 0 saturated carbocycles. The number of nitrogens with two attached hydrogens (primary N) is 1. The molecular formula is C16H17BrN2O2. The summed E-state index contributed by atoms with van der Waals surface area (Å²) in [6.07, 6.45) is 0.801. The average Bonchev–Trinajstić information content (AvgIpc) is 2.46. The Kier molecular flexibility index (Phi) is 4.85. The third kappa shape index (κ3) is 3.55. The number of carbonyl (C=O) groups excluding carboxylic acids is 1. The monoisotopic (exact) mass is 348 g/mol. The molecule has 0 aliphatic carbocycles. The summed E-state index contributed by atoms with van der Waals surface area (Å²) in [7, 11) is 0. The molecule has 0 aromatic heterocycles. The Morgan fingerprint density at radius 1 is 1.29 bits per heavy atom. The summed E-state index contributed by atoms with van der Waals surface area (Å²) in [5.74, 6) is -0.283. The van der Waals surface area contributed by atoms with Gasteiger partial charge in [-0.3, -0.25) is 4.79 Å². The highest BCUT2D eigenvalue weighted by Gasteiger charge is 2.20. The minimum atomic E-state index is -0.249. The second kappa shape index (κ2) is 6.63. The number of benzene rings is 2. The molecule has 0 fully saturated rings. The van der Waals surface area contributed by atoms with Gasteiger partial charge in [0.1, 0.15) is 5.75 Å². The van der Waals surface area contributed by atoms with Gasteiger partial charge in [0.15, 0.2) is 0 Å². The average molecular weight is 349 g/mol. The van der Waals surface area contributed by atoms with Crippen molar-refractivity contribution in [3.63, 3.8) is 0 Å². The number of nitrogen functional groups attached to an aromatic ring is 1. The predicted molar refractivity (Wildman–Crippen MR) is 88.6 cm³/mol. The number of rotatable bonds is 4. The first-order chi connectivity index (χ1) is 10.0. The standard InChI is InChI=1S/C16H17BrN2O2/c1-2-8-19(13-5-3-4-12(18)10-13)16(21)14-9-11(17)6-7-15(14)20/h3-7,9-10,20H,2,8,18H2,1H3. The number of phenolic OH excluding ortho intramolecular Hbond substituents is 1. The topological polar surface area (TPSA) is 66.6 Å². The van der Waals surface area contributed by atoms with Crippen molar-refractivity contribution in [1.29, 1.82) is 0 Å². The molecule has 0 aliphatic heterocycles. The van der Waals surface area contributed by atoms with Crippen LogP contribution in [0.25, 0.3) is 0 Å². The van der Waals surface area contributed by atoms with E-state index in [9.17, 15) is 9.90 Å². The second-order valence-electron chi connectivity index (χ2n) is 4.71. The fraction of sp³-hybridized carbons (Fsp3) is 0.188. The summed E-state index contributed by atoms with van der Waals surface area (Å²) >= 11 is 3.32. The Labute approximate surface area is 132 Å². The van der Waals surface area contributed by atoms with E-state index >= 15 is 0 Å². The Hall–Kier alpha value is -2.01. The SMILES string of the molecule is CCCN(C(=O)c1cc(Br)ccc1O)c1cccc(N)c1. The first-order valence-corrected chi connectivity index (χ1v) is 7.48. The fourth-order valence-corrected chi connectivity index (χ4v) is 2.45. The summed E-state index contributed by atoms with van der Waals surface area (Å²) in [5, 5.41) is 9.93. The quantitative estimate of drug-likeness (QED) is 0.826. The van der Waals surface area contributed by atoms with E-state index in [0.717, 1.165) is 16.6 Å². The lowest BCUT2D eigenvalue weighted by Crippen LogP contribution is -2.31. The van der Waals surface area contributed by atoms with Gasteiger partial charge in [-0.05, 0) is 42.8 Å². The van der Waals surface area contributed by atoms with Gasteiger partial charge in [-0.2, -0.15) is 0 Å². The normalized spacial score (nSPS) is 10.4. The van der Waals surface area contributed by atoms with Crippen LogP contribution in [0, 0.1) is 0 Å². The smallest absolute Gasteiger partial charge is 0.262 e. The zero-order valence-corrected chi connectivity index (χ0v) is 13.3. The van der Waals surface area contributed by atoms with Gasteiger partial charge in [0.25, 0.3) is 5.91 Å². The molecule has 0 unspecified atom stereocenters. The van der Waals surface area contributed by atoms with E-state index in [1.807, 2.05) is 13.0 Å². The van der Waals surface area contributed by atoms with Crippen molar-refractivity contribution in [2.45, 2.75) is 13.3 Å². The molecule has 110 valence electrons. The molecule has 0 heterocycles. The molecule has 21 heavy (non-hydrogen) atoms. The van der Waals surface area contributed by atoms with Crippen molar-refractivity contribution < 1.29 is 9.90 Å². The highest BCUT2D eigenvalue weighted by atomic mass is 79.9. The van der Waals surface area contributed by atoms with Crippen LogP contribution in [0.15, 0.2) is 46.9 Å². The minimum absolute atomic E-state index is 0.0341. The Morgan fingerprint density at radius 3 is 2.71 bits per heavy atom. The molecule has 0 radical (unpaired) electrons. The number of nitrogens with zero attached hydrogens (tertiary/aromatic N) is 1. The summed E-state index contributed by atoms with van der Waals surface area (Å²) in [6.45, 7) is 2.54. The lowest BCUT2D eigenvalue weighted by atomic mass is 10.1. The van der Waals surface area contributed by atoms with E-state index in [-0.39, 0.29) is 17.2 Å². The van der Waals surface area contributed by atoms with Gasteiger partial charge in [0.05, 0.1) is 5.56 Å². The first kappa shape index (κ1) is 15.4. The molecule has 0 bridgehead atoms. The molecule has 1 amide bonds. The van der Waals surface area contributed by atoms with Crippen molar-refractivity contribution in [3.05, 3.63) is 52.5 Å². The van der Waals surface area contributed by atoms with E-state index in [1.165, 1.54) is 6.07 Å². The maximum Gasteiger partial charge on any atom is 0.262 e. The fourth-order valence-electron chi connectivity index (χ4n) is 2.09. The zero-order valence-electron chi connectivity index (χ0n) is 11.7. The number of aromatic hydroxyl groups is 1. The summed E-state index contributed by atoms with van der Waals surface area (Å²) < 4.78 is 0.743. The molecule has 0 aliphatic rings. The highest BCUT2D eigenvalue weighted by Crippen LogP contribution is 2.26. The van der Waals surface area contributed by atoms with E-state index in [4.69, 9.17) is 5.73 Å². The third-order valence-electron chi connectivity index (χ3n) is 3.06. The van der Waals surface area contributed by atoms with E-state index in [1.54, 1.807) is 35.2 Å². The first-order valence-electron chi connectivity index (χ1n) is 6.69. The van der Waals surface area contributed by atoms with Gasteiger partial charge >= 0.3 is 0 Å². The van der Waals surface area contributed by atoms with Crippen molar-refractivity contribution in [1.82, 2.24) is 0 Å². The maximum atomic E-state index is 12.7. The van der Waals surface area contributed by atoms with Crippen LogP contribution in [0.4, 0.5) is 11.4 Å². The van der Waals surface area contributed by atoms with E-state index in [0.29, 0.717) is 12.2 Å².